The monoisotopic (exact) mass is 501 g/mol. The van der Waals surface area contributed by atoms with Crippen LogP contribution >= 0.6 is 0 Å². The summed E-state index contributed by atoms with van der Waals surface area (Å²) in [5.74, 6) is -4.51. The van der Waals surface area contributed by atoms with E-state index in [1.165, 1.54) is 0 Å². The van der Waals surface area contributed by atoms with Crippen molar-refractivity contribution in [2.24, 2.45) is 11.8 Å². The van der Waals surface area contributed by atoms with E-state index in [4.69, 9.17) is 4.74 Å². The van der Waals surface area contributed by atoms with Crippen LogP contribution in [0.1, 0.15) is 0 Å². The highest BCUT2D eigenvalue weighted by Gasteiger charge is 2.46. The molecular weight excluding hydrogens is 478 g/mol. The van der Waals surface area contributed by atoms with Crippen LogP contribution < -0.4 is 5.32 Å². The third kappa shape index (κ3) is 5.02. The highest BCUT2D eigenvalue weighted by molar-refractivity contribution is 5.99. The van der Waals surface area contributed by atoms with Crippen LogP contribution in [0.15, 0.2) is 66.8 Å². The number of ether oxygens (including phenoxy) is 1. The Morgan fingerprint density at radius 1 is 1.22 bits per heavy atom. The van der Waals surface area contributed by atoms with Gasteiger partial charge in [-0.1, -0.05) is 12.2 Å². The molecule has 2 aliphatic rings. The summed E-state index contributed by atoms with van der Waals surface area (Å²) in [7, 11) is 0. The van der Waals surface area contributed by atoms with Crippen molar-refractivity contribution < 1.29 is 27.1 Å². The predicted molar refractivity (Wildman–Crippen MR) is 126 cm³/mol. The van der Waals surface area contributed by atoms with E-state index in [-0.39, 0.29) is 19.7 Å². The maximum absolute atomic E-state index is 14.3. The molecule has 0 saturated carbocycles. The Labute approximate surface area is 203 Å². The van der Waals surface area contributed by atoms with Crippen LogP contribution in [0.3, 0.4) is 0 Å². The van der Waals surface area contributed by atoms with E-state index in [0.29, 0.717) is 17.9 Å². The molecule has 2 N–H and O–H groups in total. The van der Waals surface area contributed by atoms with Crippen molar-refractivity contribution in [3.63, 3.8) is 0 Å². The minimum absolute atomic E-state index is 0.0557. The third-order valence-corrected chi connectivity index (χ3v) is 6.42. The maximum Gasteiger partial charge on any atom is 0.395 e. The van der Waals surface area contributed by atoms with Crippen molar-refractivity contribution in [3.05, 3.63) is 66.8 Å². The van der Waals surface area contributed by atoms with Crippen LogP contribution in [0.5, 0.6) is 0 Å². The number of hydrogen-bond donors (Lipinski definition) is 2. The lowest BCUT2D eigenvalue weighted by atomic mass is 9.86. The number of nitrogens with one attached hydrogen (secondary N) is 2. The fourth-order valence-corrected chi connectivity index (χ4v) is 4.58. The van der Waals surface area contributed by atoms with Crippen LogP contribution in [-0.2, 0) is 9.53 Å². The van der Waals surface area contributed by atoms with E-state index < -0.39 is 35.9 Å². The van der Waals surface area contributed by atoms with Crippen LogP contribution in [0.25, 0.3) is 22.2 Å². The number of carbonyl (C=O) groups is 1. The molecule has 5 rings (SSSR count). The summed E-state index contributed by atoms with van der Waals surface area (Å²) in [5.41, 5.74) is 2.88. The first-order chi connectivity index (χ1) is 17.3. The summed E-state index contributed by atoms with van der Waals surface area (Å²) in [4.78, 5) is 18.6. The summed E-state index contributed by atoms with van der Waals surface area (Å²) in [6.45, 7) is 0.341. The molecule has 1 aromatic carbocycles. The van der Waals surface area contributed by atoms with E-state index in [0.717, 1.165) is 34.7 Å². The van der Waals surface area contributed by atoms with Gasteiger partial charge < -0.3 is 10.1 Å². The minimum atomic E-state index is -4.56. The quantitative estimate of drug-likeness (QED) is 0.504. The predicted octanol–water partition coefficient (Wildman–Crippen LogP) is 4.48. The van der Waals surface area contributed by atoms with Gasteiger partial charge in [0.15, 0.2) is 0 Å². The molecule has 1 amide bonds. The molecule has 0 spiro atoms. The number of anilines is 1. The number of alkyl halides is 3. The smallest absolute Gasteiger partial charge is 0.366 e. The van der Waals surface area contributed by atoms with Crippen LogP contribution in [0.2, 0.25) is 0 Å². The number of halogens is 4. The summed E-state index contributed by atoms with van der Waals surface area (Å²) >= 11 is 0. The minimum Gasteiger partial charge on any atom is -0.366 e. The Hall–Kier alpha value is -3.57. The van der Waals surface area contributed by atoms with Crippen molar-refractivity contribution in [2.45, 2.75) is 12.3 Å². The molecule has 3 heterocycles. The number of benzene rings is 1. The highest BCUT2D eigenvalue weighted by Crippen LogP contribution is 2.40. The lowest BCUT2D eigenvalue weighted by molar-refractivity contribution is -0.175. The number of hydrogen-bond acceptors (Lipinski definition) is 5. The van der Waals surface area contributed by atoms with Gasteiger partial charge in [-0.15, -0.1) is 0 Å². The number of aromatic nitrogens is 3. The number of nitrogens with zero attached hydrogens (tertiary/aromatic N) is 3. The molecule has 1 aliphatic carbocycles. The summed E-state index contributed by atoms with van der Waals surface area (Å²) in [5, 5.41) is 10.9. The molecule has 1 saturated heterocycles. The lowest BCUT2D eigenvalue weighted by Gasteiger charge is -2.36. The molecule has 11 heteroatoms. The average Bonchev–Trinajstić information content (AvgIpc) is 3.28. The molecule has 3 aromatic rings. The van der Waals surface area contributed by atoms with Gasteiger partial charge in [-0.3, -0.25) is 19.8 Å². The Balaban J connectivity index is 1.27. The number of rotatable bonds is 5. The summed E-state index contributed by atoms with van der Waals surface area (Å²) in [6.07, 6.45) is 0.988. The molecule has 0 bridgehead atoms. The summed E-state index contributed by atoms with van der Waals surface area (Å²) in [6, 6.07) is 8.95. The van der Waals surface area contributed by atoms with Crippen molar-refractivity contribution in [1.29, 1.82) is 0 Å². The van der Waals surface area contributed by atoms with Gasteiger partial charge in [-0.25, -0.2) is 4.39 Å². The number of fused-ring (bicyclic) bond motifs is 1. The fourth-order valence-electron chi connectivity index (χ4n) is 4.58. The normalized spacial score (nSPS) is 23.0. The standard InChI is InChI=1S/C25H23F4N5O2/c26-20-3-1-2-19(25(27,28)29)18(20)13-34-10-11-36-22(14-34)24(35)31-16-4-5-21-17(12-16)23(33-32-21)15-6-8-30-9-7-15/h1-9,12,18-19,22H,10-11,13-14H2,(H,31,35)(H,32,33). The van der Waals surface area contributed by atoms with E-state index >= 15 is 0 Å². The van der Waals surface area contributed by atoms with Crippen molar-refractivity contribution in [1.82, 2.24) is 20.1 Å². The van der Waals surface area contributed by atoms with Crippen LogP contribution in [0, 0.1) is 11.8 Å². The molecule has 1 aliphatic heterocycles. The number of amides is 1. The number of carbonyl (C=O) groups excluding carboxylic acids is 1. The number of morpholine rings is 1. The molecule has 188 valence electrons. The fraction of sp³-hybridized carbons (Fsp3) is 0.320. The SMILES string of the molecule is O=C(Nc1ccc2[nH]nc(-c3ccncc3)c2c1)C1CN(CC2C(F)=CC=CC2C(F)(F)F)CCO1. The van der Waals surface area contributed by atoms with E-state index in [1.807, 2.05) is 12.1 Å². The van der Waals surface area contributed by atoms with Gasteiger partial charge in [-0.2, -0.15) is 18.3 Å². The van der Waals surface area contributed by atoms with Gasteiger partial charge in [-0.05, 0) is 36.4 Å². The number of H-pyrrole nitrogens is 1. The van der Waals surface area contributed by atoms with E-state index in [9.17, 15) is 22.4 Å². The number of allylic oxidation sites excluding steroid dienone is 3. The van der Waals surface area contributed by atoms with Gasteiger partial charge in [0.2, 0.25) is 0 Å². The molecule has 3 unspecified atom stereocenters. The van der Waals surface area contributed by atoms with Crippen molar-refractivity contribution in [2.75, 3.05) is 31.6 Å². The first-order valence-electron chi connectivity index (χ1n) is 11.4. The Morgan fingerprint density at radius 3 is 2.81 bits per heavy atom. The van der Waals surface area contributed by atoms with Gasteiger partial charge in [0.05, 0.1) is 18.0 Å². The number of aromatic amines is 1. The molecule has 3 atom stereocenters. The first-order valence-corrected chi connectivity index (χ1v) is 11.4. The molecule has 1 fully saturated rings. The van der Waals surface area contributed by atoms with Gasteiger partial charge in [0.25, 0.3) is 5.91 Å². The molecule has 0 radical (unpaired) electrons. The van der Waals surface area contributed by atoms with Crippen molar-refractivity contribution >= 4 is 22.5 Å². The second-order valence-corrected chi connectivity index (χ2v) is 8.79. The highest BCUT2D eigenvalue weighted by atomic mass is 19.4. The van der Waals surface area contributed by atoms with Crippen LogP contribution in [0.4, 0.5) is 23.2 Å². The van der Waals surface area contributed by atoms with E-state index in [2.05, 4.69) is 20.5 Å². The Morgan fingerprint density at radius 2 is 2.03 bits per heavy atom. The first kappa shape index (κ1) is 24.1. The Kier molecular flexibility index (Phi) is 6.59. The zero-order valence-corrected chi connectivity index (χ0v) is 19.0. The van der Waals surface area contributed by atoms with Crippen molar-refractivity contribution in [3.8, 4) is 11.3 Å². The second kappa shape index (κ2) is 9.82. The average molecular weight is 501 g/mol. The third-order valence-electron chi connectivity index (χ3n) is 6.42. The molecular formula is C25H23F4N5O2. The molecule has 36 heavy (non-hydrogen) atoms. The zero-order chi connectivity index (χ0) is 25.3. The molecule has 7 nitrogen and oxygen atoms in total. The lowest BCUT2D eigenvalue weighted by Crippen LogP contribution is -2.50. The topological polar surface area (TPSA) is 83.1 Å². The maximum atomic E-state index is 14.3. The van der Waals surface area contributed by atoms with E-state index in [1.54, 1.807) is 35.5 Å². The zero-order valence-electron chi connectivity index (χ0n) is 19.0. The van der Waals surface area contributed by atoms with Crippen LogP contribution in [-0.4, -0.2) is 64.5 Å². The summed E-state index contributed by atoms with van der Waals surface area (Å²) < 4.78 is 60.2. The number of pyridine rings is 1. The second-order valence-electron chi connectivity index (χ2n) is 8.79. The molecule has 2 aromatic heterocycles. The van der Waals surface area contributed by atoms with Gasteiger partial charge in [0.1, 0.15) is 17.6 Å². The van der Waals surface area contributed by atoms with Gasteiger partial charge in [0, 0.05) is 54.6 Å². The Bertz CT molecular complexity index is 1300. The largest absolute Gasteiger partial charge is 0.395 e. The van der Waals surface area contributed by atoms with Gasteiger partial charge >= 0.3 is 6.18 Å².